The number of aliphatic carboxylic acids is 1. The summed E-state index contributed by atoms with van der Waals surface area (Å²) in [5.74, 6) is -2.00. The number of carbonyl (C=O) groups excluding carboxylic acids is 1. The summed E-state index contributed by atoms with van der Waals surface area (Å²) in [4.78, 5) is 36.6. The summed E-state index contributed by atoms with van der Waals surface area (Å²) in [6.07, 6.45) is 2.02. The van der Waals surface area contributed by atoms with Crippen molar-refractivity contribution in [1.29, 1.82) is 0 Å². The molecule has 0 fully saturated rings. The molecule has 1 heterocycles. The molecule has 6 nitrogen and oxygen atoms in total. The lowest BCUT2D eigenvalue weighted by atomic mass is 9.99. The zero-order valence-corrected chi connectivity index (χ0v) is 10.3. The van der Waals surface area contributed by atoms with Gasteiger partial charge in [0.15, 0.2) is 0 Å². The molecule has 0 saturated carbocycles. The van der Waals surface area contributed by atoms with Crippen molar-refractivity contribution in [1.82, 2.24) is 10.3 Å². The Hall–Kier alpha value is -2.11. The predicted octanol–water partition coefficient (Wildman–Crippen LogP) is 0.604. The van der Waals surface area contributed by atoms with Gasteiger partial charge in [0.1, 0.15) is 11.6 Å². The molecule has 0 aliphatic rings. The van der Waals surface area contributed by atoms with Crippen molar-refractivity contribution in [3.8, 4) is 0 Å². The maximum absolute atomic E-state index is 11.8. The van der Waals surface area contributed by atoms with E-state index in [9.17, 15) is 14.4 Å². The van der Waals surface area contributed by atoms with Crippen molar-refractivity contribution in [2.75, 3.05) is 0 Å². The Balaban J connectivity index is 2.89. The number of hydrogen-bond acceptors (Lipinski definition) is 3. The number of nitrogens with one attached hydrogen (secondary N) is 2. The third-order valence-electron chi connectivity index (χ3n) is 2.83. The minimum atomic E-state index is -1.11. The second kappa shape index (κ2) is 6.00. The van der Waals surface area contributed by atoms with Gasteiger partial charge in [-0.3, -0.25) is 9.59 Å². The number of carbonyl (C=O) groups is 2. The van der Waals surface area contributed by atoms with Crippen molar-refractivity contribution in [2.45, 2.75) is 26.3 Å². The van der Waals surface area contributed by atoms with Crippen LogP contribution in [0.15, 0.2) is 23.1 Å². The van der Waals surface area contributed by atoms with Crippen LogP contribution in [0.5, 0.6) is 0 Å². The molecule has 1 amide bonds. The van der Waals surface area contributed by atoms with Gasteiger partial charge in [-0.15, -0.1) is 0 Å². The molecule has 1 aromatic rings. The van der Waals surface area contributed by atoms with Crippen molar-refractivity contribution < 1.29 is 14.7 Å². The summed E-state index contributed by atoms with van der Waals surface area (Å²) >= 11 is 0. The van der Waals surface area contributed by atoms with E-state index in [1.165, 1.54) is 18.3 Å². The molecule has 6 heteroatoms. The maximum atomic E-state index is 11.8. The van der Waals surface area contributed by atoms with E-state index in [0.29, 0.717) is 6.42 Å². The van der Waals surface area contributed by atoms with Gasteiger partial charge in [0.2, 0.25) is 0 Å². The Morgan fingerprint density at radius 1 is 1.50 bits per heavy atom. The van der Waals surface area contributed by atoms with Crippen LogP contribution in [-0.4, -0.2) is 28.0 Å². The summed E-state index contributed by atoms with van der Waals surface area (Å²) in [7, 11) is 0. The molecule has 0 saturated heterocycles. The number of aromatic amines is 1. The van der Waals surface area contributed by atoms with E-state index in [1.807, 2.05) is 6.92 Å². The first kappa shape index (κ1) is 14.0. The van der Waals surface area contributed by atoms with Gasteiger partial charge in [0.05, 0.1) is 0 Å². The molecule has 98 valence electrons. The molecule has 0 aliphatic carbocycles. The third-order valence-corrected chi connectivity index (χ3v) is 2.83. The molecular formula is C12H16N2O4. The number of carboxylic acid groups (broad SMARTS) is 1. The molecule has 0 aromatic carbocycles. The number of rotatable bonds is 5. The van der Waals surface area contributed by atoms with Crippen LogP contribution in [0, 0.1) is 5.92 Å². The second-order valence-corrected chi connectivity index (χ2v) is 4.09. The highest BCUT2D eigenvalue weighted by molar-refractivity contribution is 5.96. The highest BCUT2D eigenvalue weighted by atomic mass is 16.4. The van der Waals surface area contributed by atoms with Crippen LogP contribution in [0.1, 0.15) is 30.6 Å². The van der Waals surface area contributed by atoms with E-state index < -0.39 is 23.5 Å². The van der Waals surface area contributed by atoms with Crippen LogP contribution in [0.4, 0.5) is 0 Å². The second-order valence-electron chi connectivity index (χ2n) is 4.09. The minimum Gasteiger partial charge on any atom is -0.480 e. The molecule has 0 unspecified atom stereocenters. The highest BCUT2D eigenvalue weighted by Gasteiger charge is 2.26. The average molecular weight is 252 g/mol. The Bertz CT molecular complexity index is 495. The van der Waals surface area contributed by atoms with Gasteiger partial charge >= 0.3 is 5.97 Å². The monoisotopic (exact) mass is 252 g/mol. The number of amides is 1. The fraction of sp³-hybridized carbons (Fsp3) is 0.417. The molecule has 0 bridgehead atoms. The lowest BCUT2D eigenvalue weighted by Gasteiger charge is -2.19. The van der Waals surface area contributed by atoms with Crippen molar-refractivity contribution >= 4 is 11.9 Å². The quantitative estimate of drug-likeness (QED) is 0.714. The maximum Gasteiger partial charge on any atom is 0.326 e. The fourth-order valence-corrected chi connectivity index (χ4v) is 1.50. The van der Waals surface area contributed by atoms with E-state index in [4.69, 9.17) is 5.11 Å². The van der Waals surface area contributed by atoms with Gasteiger partial charge in [-0.1, -0.05) is 20.3 Å². The molecule has 0 radical (unpaired) electrons. The van der Waals surface area contributed by atoms with E-state index in [0.717, 1.165) is 0 Å². The number of aromatic nitrogens is 1. The van der Waals surface area contributed by atoms with Crippen molar-refractivity contribution in [2.24, 2.45) is 5.92 Å². The van der Waals surface area contributed by atoms with E-state index in [1.54, 1.807) is 6.92 Å². The predicted molar refractivity (Wildman–Crippen MR) is 65.4 cm³/mol. The van der Waals surface area contributed by atoms with Gasteiger partial charge in [0, 0.05) is 6.20 Å². The van der Waals surface area contributed by atoms with Gasteiger partial charge < -0.3 is 15.4 Å². The van der Waals surface area contributed by atoms with E-state index >= 15 is 0 Å². The Morgan fingerprint density at radius 3 is 2.67 bits per heavy atom. The number of hydrogen-bond donors (Lipinski definition) is 3. The lowest BCUT2D eigenvalue weighted by Crippen LogP contribution is -2.46. The van der Waals surface area contributed by atoms with Crippen LogP contribution in [-0.2, 0) is 4.79 Å². The average Bonchev–Trinajstić information content (AvgIpc) is 2.35. The minimum absolute atomic E-state index is 0.0907. The zero-order chi connectivity index (χ0) is 13.7. The molecule has 0 aliphatic heterocycles. The Kier molecular flexibility index (Phi) is 4.65. The first-order chi connectivity index (χ1) is 8.47. The normalized spacial score (nSPS) is 13.7. The summed E-state index contributed by atoms with van der Waals surface area (Å²) in [5, 5.41) is 11.4. The van der Waals surface area contributed by atoms with Gasteiger partial charge in [-0.25, -0.2) is 4.79 Å². The number of carboxylic acids is 1. The molecule has 1 rings (SSSR count). The summed E-state index contributed by atoms with van der Waals surface area (Å²) in [5.41, 5.74) is -0.629. The van der Waals surface area contributed by atoms with E-state index in [-0.39, 0.29) is 11.5 Å². The largest absolute Gasteiger partial charge is 0.480 e. The SMILES string of the molecule is CC[C@H](C)[C@H](NC(=O)c1ccc[nH]c1=O)C(=O)O. The smallest absolute Gasteiger partial charge is 0.326 e. The standard InChI is InChI=1S/C12H16N2O4/c1-3-7(2)9(12(17)18)14-11(16)8-5-4-6-13-10(8)15/h4-7,9H,3H2,1-2H3,(H,13,15)(H,14,16)(H,17,18)/t7-,9-/m0/s1. The van der Waals surface area contributed by atoms with Crippen molar-refractivity contribution in [3.05, 3.63) is 34.2 Å². The number of pyridine rings is 1. The Labute approximate surface area is 104 Å². The first-order valence-electron chi connectivity index (χ1n) is 5.68. The highest BCUT2D eigenvalue weighted by Crippen LogP contribution is 2.08. The van der Waals surface area contributed by atoms with Crippen LogP contribution < -0.4 is 10.9 Å². The van der Waals surface area contributed by atoms with Gasteiger partial charge in [-0.2, -0.15) is 0 Å². The molecule has 1 aromatic heterocycles. The molecule has 0 spiro atoms. The van der Waals surface area contributed by atoms with Crippen LogP contribution in [0.2, 0.25) is 0 Å². The fourth-order valence-electron chi connectivity index (χ4n) is 1.50. The molecule has 3 N–H and O–H groups in total. The summed E-state index contributed by atoms with van der Waals surface area (Å²) in [6.45, 7) is 3.57. The summed E-state index contributed by atoms with van der Waals surface area (Å²) < 4.78 is 0. The lowest BCUT2D eigenvalue weighted by molar-refractivity contribution is -0.140. The van der Waals surface area contributed by atoms with Crippen LogP contribution in [0.3, 0.4) is 0 Å². The van der Waals surface area contributed by atoms with E-state index in [2.05, 4.69) is 10.3 Å². The number of H-pyrrole nitrogens is 1. The molecular weight excluding hydrogens is 236 g/mol. The molecule has 2 atom stereocenters. The van der Waals surface area contributed by atoms with Crippen molar-refractivity contribution in [3.63, 3.8) is 0 Å². The topological polar surface area (TPSA) is 99.3 Å². The zero-order valence-electron chi connectivity index (χ0n) is 10.3. The van der Waals surface area contributed by atoms with Gasteiger partial charge in [0.25, 0.3) is 11.5 Å². The van der Waals surface area contributed by atoms with Crippen LogP contribution >= 0.6 is 0 Å². The third kappa shape index (κ3) is 3.19. The first-order valence-corrected chi connectivity index (χ1v) is 5.68. The van der Waals surface area contributed by atoms with Crippen LogP contribution in [0.25, 0.3) is 0 Å². The summed E-state index contributed by atoms with van der Waals surface area (Å²) in [6, 6.07) is 1.86. The Morgan fingerprint density at radius 2 is 2.17 bits per heavy atom. The van der Waals surface area contributed by atoms with Gasteiger partial charge in [-0.05, 0) is 18.1 Å². The molecule has 18 heavy (non-hydrogen) atoms.